The second kappa shape index (κ2) is 24.3. The van der Waals surface area contributed by atoms with E-state index in [9.17, 15) is 14.5 Å². The second-order valence-electron chi connectivity index (χ2n) is 25.9. The van der Waals surface area contributed by atoms with Crippen molar-refractivity contribution in [2.45, 2.75) is 20.3 Å². The summed E-state index contributed by atoms with van der Waals surface area (Å²) in [6.07, 6.45) is 0.895. The lowest BCUT2D eigenvalue weighted by atomic mass is 9.81. The predicted molar refractivity (Wildman–Crippen MR) is 408 cm³/mol. The van der Waals surface area contributed by atoms with Crippen LogP contribution in [-0.2, 0) is 14.4 Å². The van der Waals surface area contributed by atoms with Gasteiger partial charge in [0, 0.05) is 22.3 Å². The Hall–Kier alpha value is -12.6. The monoisotopic (exact) mass is 1260 g/mol. The second-order valence-corrected chi connectivity index (χ2v) is 25.9. The Kier molecular flexibility index (Phi) is 14.7. The minimum absolute atomic E-state index is 0.117. The lowest BCUT2D eigenvalue weighted by Gasteiger charge is -2.21. The number of nitrogen functional groups attached to an aromatic ring is 1. The molecule has 0 saturated carbocycles. The molecule has 17 aromatic rings. The Morgan fingerprint density at radius 3 is 1.23 bits per heavy atom. The molecule has 7 heteroatoms. The molecule has 0 atom stereocenters. The smallest absolute Gasteiger partial charge is 0.298 e. The van der Waals surface area contributed by atoms with Crippen LogP contribution in [0.15, 0.2) is 297 Å². The molecule has 466 valence electrons. The molecule has 0 aliphatic heterocycles. The summed E-state index contributed by atoms with van der Waals surface area (Å²) >= 11 is 0. The van der Waals surface area contributed by atoms with E-state index in [1.165, 1.54) is 142 Å². The quantitative estimate of drug-likeness (QED) is 0.0278. The SMILES string of the molecule is CC(C)CCON=O.Nc1cc2ccccc2cc1OC=O.O=C1C(c2ccccc2)=C2C(=C1c1ccccc1)c1cc3cccc4ccc5ccc2c1c5c43.c1ccc(-c2c3c(c(-c4ccccc4)c4cc5ccccc5cc24)-c2cc4cccc5ccc6ccc-3c2c6c54)cc1. The van der Waals surface area contributed by atoms with Gasteiger partial charge in [-0.05, 0) is 212 Å². The van der Waals surface area contributed by atoms with E-state index in [-0.39, 0.29) is 5.78 Å². The molecule has 20 rings (SSSR count). The molecule has 0 saturated heterocycles. The number of carbonyl (C=O) groups is 2. The average molecular weight is 1260 g/mol. The van der Waals surface area contributed by atoms with Crippen LogP contribution < -0.4 is 10.5 Å². The van der Waals surface area contributed by atoms with Crippen LogP contribution in [0, 0.1) is 10.8 Å². The van der Waals surface area contributed by atoms with Gasteiger partial charge < -0.3 is 15.3 Å². The van der Waals surface area contributed by atoms with Crippen LogP contribution in [0.4, 0.5) is 5.69 Å². The number of hydrogen-bond acceptors (Lipinski definition) is 7. The van der Waals surface area contributed by atoms with Gasteiger partial charge in [-0.2, -0.15) is 0 Å². The van der Waals surface area contributed by atoms with Crippen molar-refractivity contribution >= 4 is 137 Å². The van der Waals surface area contributed by atoms with E-state index in [2.05, 4.69) is 242 Å². The molecule has 2 N–H and O–H groups in total. The molecule has 0 amide bonds. The summed E-state index contributed by atoms with van der Waals surface area (Å²) < 4.78 is 4.74. The summed E-state index contributed by atoms with van der Waals surface area (Å²) in [6, 6.07) is 103. The lowest BCUT2D eigenvalue weighted by Crippen LogP contribution is -2.02. The van der Waals surface area contributed by atoms with Gasteiger partial charge in [-0.15, -0.1) is 4.91 Å². The Morgan fingerprint density at radius 2 is 0.745 bits per heavy atom. The fourth-order valence-corrected chi connectivity index (χ4v) is 15.7. The van der Waals surface area contributed by atoms with Crippen molar-refractivity contribution in [3.8, 4) is 50.3 Å². The van der Waals surface area contributed by atoms with Gasteiger partial charge in [0.1, 0.15) is 6.61 Å². The van der Waals surface area contributed by atoms with Gasteiger partial charge in [-0.3, -0.25) is 9.59 Å². The van der Waals surface area contributed by atoms with E-state index in [1.54, 1.807) is 12.1 Å². The molecular formula is C91H62N2O5. The van der Waals surface area contributed by atoms with E-state index in [1.807, 2.05) is 60.7 Å². The first-order valence-electron chi connectivity index (χ1n) is 33.3. The third-order valence-electron chi connectivity index (χ3n) is 19.9. The number of benzene rings is 17. The summed E-state index contributed by atoms with van der Waals surface area (Å²) in [7, 11) is 0. The topological polar surface area (TPSA) is 108 Å². The highest BCUT2D eigenvalue weighted by atomic mass is 16.7. The summed E-state index contributed by atoms with van der Waals surface area (Å²) in [5, 5.41) is 25.2. The number of carbonyl (C=O) groups excluding carboxylic acids is 2. The van der Waals surface area contributed by atoms with E-state index in [0.717, 1.165) is 50.6 Å². The van der Waals surface area contributed by atoms with Crippen molar-refractivity contribution < 1.29 is 19.2 Å². The fourth-order valence-electron chi connectivity index (χ4n) is 15.7. The molecule has 7 nitrogen and oxygen atoms in total. The van der Waals surface area contributed by atoms with E-state index in [0.29, 0.717) is 30.4 Å². The summed E-state index contributed by atoms with van der Waals surface area (Å²) in [5.74, 6) is 1.10. The van der Waals surface area contributed by atoms with Crippen LogP contribution in [0.1, 0.15) is 42.5 Å². The highest BCUT2D eigenvalue weighted by Crippen LogP contribution is 2.61. The van der Waals surface area contributed by atoms with Crippen molar-refractivity contribution in [3.05, 3.63) is 318 Å². The standard InChI is InChI=1S/C42H24.C33H18O.C11H9NO2.C5H11NO2/c1-3-10-25(11-4-1)37-33-22-29-14-7-8-15-30(29)23-34(33)38(26-12-5-2-6-13-26)42-35-24-31-17-9-16-27-18-19-28-20-21-32(41(37)42)40(35)39(28)36(27)31;34-33-28(19-8-3-1-4-9-19)31-24-17-16-22-15-14-21-12-7-13-23-18-25(30(24)27(22)26(21)23)32(31)29(33)20-10-5-2-6-11-20;12-10-5-8-3-1-2-4-9(8)6-11(10)14-7-13;1-5(2)3-4-8-6-7/h1-24H;1-18H;1-7H,12H2;5H,3-4H2,1-2H3. The van der Waals surface area contributed by atoms with Crippen LogP contribution in [-0.4, -0.2) is 18.9 Å². The van der Waals surface area contributed by atoms with Gasteiger partial charge in [0.05, 0.1) is 5.69 Å². The molecule has 0 aromatic heterocycles. The Morgan fingerprint density at radius 1 is 0.357 bits per heavy atom. The number of hydrogen-bond donors (Lipinski definition) is 1. The molecule has 0 bridgehead atoms. The lowest BCUT2D eigenvalue weighted by molar-refractivity contribution is -0.120. The van der Waals surface area contributed by atoms with Crippen LogP contribution >= 0.6 is 0 Å². The van der Waals surface area contributed by atoms with Crippen LogP contribution in [0.3, 0.4) is 0 Å². The van der Waals surface area contributed by atoms with Crippen LogP contribution in [0.2, 0.25) is 0 Å². The highest BCUT2D eigenvalue weighted by Gasteiger charge is 2.41. The average Bonchev–Trinajstić information content (AvgIpc) is 1.52. The van der Waals surface area contributed by atoms with Crippen molar-refractivity contribution in [2.75, 3.05) is 12.3 Å². The molecule has 0 spiro atoms. The molecule has 0 heterocycles. The van der Waals surface area contributed by atoms with Gasteiger partial charge >= 0.3 is 0 Å². The molecule has 0 fully saturated rings. The van der Waals surface area contributed by atoms with Crippen molar-refractivity contribution in [3.63, 3.8) is 0 Å². The number of allylic oxidation sites excluding steroid dienone is 4. The number of rotatable bonds is 10. The first kappa shape index (κ1) is 59.2. The fraction of sp³-hybridized carbons (Fsp3) is 0.0549. The Labute approximate surface area is 565 Å². The molecule has 0 radical (unpaired) electrons. The highest BCUT2D eigenvalue weighted by molar-refractivity contribution is 6.62. The molecular weight excluding hydrogens is 1200 g/mol. The number of ether oxygens (including phenoxy) is 1. The van der Waals surface area contributed by atoms with Crippen LogP contribution in [0.5, 0.6) is 5.75 Å². The number of anilines is 1. The number of nitrogens with zero attached hydrogens (tertiary/aromatic N) is 1. The van der Waals surface area contributed by atoms with Crippen LogP contribution in [0.25, 0.3) is 164 Å². The number of Topliss-reactive ketones (excluding diaryl/α,β-unsaturated/α-hetero) is 1. The maximum Gasteiger partial charge on any atom is 0.298 e. The Balaban J connectivity index is 0.000000114. The molecule has 98 heavy (non-hydrogen) atoms. The summed E-state index contributed by atoms with van der Waals surface area (Å²) in [6.45, 7) is 4.95. The minimum atomic E-state index is 0.117. The maximum atomic E-state index is 14.1. The van der Waals surface area contributed by atoms with Gasteiger partial charge in [0.2, 0.25) is 0 Å². The Bertz CT molecular complexity index is 6140. The van der Waals surface area contributed by atoms with Crippen molar-refractivity contribution in [1.29, 1.82) is 0 Å². The predicted octanol–water partition coefficient (Wildman–Crippen LogP) is 23.6. The van der Waals surface area contributed by atoms with Gasteiger partial charge in [0.25, 0.3) is 6.47 Å². The van der Waals surface area contributed by atoms with E-state index < -0.39 is 0 Å². The summed E-state index contributed by atoms with van der Waals surface area (Å²) in [4.78, 5) is 37.8. The van der Waals surface area contributed by atoms with Crippen molar-refractivity contribution in [2.24, 2.45) is 11.3 Å². The maximum absolute atomic E-state index is 14.1. The molecule has 3 aliphatic rings. The van der Waals surface area contributed by atoms with E-state index >= 15 is 0 Å². The molecule has 0 unspecified atom stereocenters. The zero-order valence-electron chi connectivity index (χ0n) is 53.8. The third kappa shape index (κ3) is 9.72. The number of fused-ring (bicyclic) bond motifs is 9. The normalized spacial score (nSPS) is 12.6. The van der Waals surface area contributed by atoms with Gasteiger partial charge in [0.15, 0.2) is 16.9 Å². The van der Waals surface area contributed by atoms with Gasteiger partial charge in [-0.1, -0.05) is 269 Å². The zero-order valence-corrected chi connectivity index (χ0v) is 53.8. The van der Waals surface area contributed by atoms with E-state index in [4.69, 9.17) is 10.5 Å². The zero-order chi connectivity index (χ0) is 66.1. The van der Waals surface area contributed by atoms with Crippen molar-refractivity contribution in [1.82, 2.24) is 0 Å². The summed E-state index contributed by atoms with van der Waals surface area (Å²) in [5.41, 5.74) is 24.9. The first-order valence-corrected chi connectivity index (χ1v) is 33.3. The largest absolute Gasteiger partial charge is 0.427 e. The van der Waals surface area contributed by atoms with Gasteiger partial charge in [-0.25, -0.2) is 0 Å². The number of ketones is 1. The molecule has 3 aliphatic carbocycles. The third-order valence-corrected chi connectivity index (χ3v) is 19.9. The first-order chi connectivity index (χ1) is 48.2. The molecule has 17 aromatic carbocycles. The number of nitrogens with two attached hydrogens (primary N) is 1. The minimum Gasteiger partial charge on any atom is -0.427 e.